The maximum Gasteiger partial charge on any atom is 0.175 e. The minimum Gasteiger partial charge on any atom is -0.493 e. The molecule has 0 aliphatic heterocycles. The molecular weight excluding hydrogens is 361 g/mol. The zero-order chi connectivity index (χ0) is 16.7. The first-order valence-corrected chi connectivity index (χ1v) is 8.38. The van der Waals surface area contributed by atoms with Crippen molar-refractivity contribution >= 4 is 15.9 Å². The van der Waals surface area contributed by atoms with Crippen molar-refractivity contribution in [2.75, 3.05) is 20.3 Å². The summed E-state index contributed by atoms with van der Waals surface area (Å²) in [6.45, 7) is 3.89. The molecule has 2 aromatic rings. The van der Waals surface area contributed by atoms with Crippen LogP contribution in [0.2, 0.25) is 0 Å². The van der Waals surface area contributed by atoms with Gasteiger partial charge in [-0.15, -0.1) is 0 Å². The van der Waals surface area contributed by atoms with Crippen LogP contribution >= 0.6 is 15.9 Å². The second kappa shape index (κ2) is 8.89. The monoisotopic (exact) mass is 381 g/mol. The van der Waals surface area contributed by atoms with Crippen molar-refractivity contribution < 1.29 is 13.9 Å². The number of ether oxygens (including phenoxy) is 2. The molecule has 0 saturated heterocycles. The summed E-state index contributed by atoms with van der Waals surface area (Å²) in [5.41, 5.74) is 1.80. The summed E-state index contributed by atoms with van der Waals surface area (Å²) < 4.78 is 25.4. The molecule has 5 heteroatoms. The Labute approximate surface area is 144 Å². The quantitative estimate of drug-likeness (QED) is 0.690. The predicted molar refractivity (Wildman–Crippen MR) is 93.7 cm³/mol. The van der Waals surface area contributed by atoms with Gasteiger partial charge in [-0.3, -0.25) is 0 Å². The Kier molecular flexibility index (Phi) is 6.86. The van der Waals surface area contributed by atoms with E-state index in [-0.39, 0.29) is 5.82 Å². The predicted octanol–water partition coefficient (Wildman–Crippen LogP) is 4.33. The van der Waals surface area contributed by atoms with Gasteiger partial charge in [0.2, 0.25) is 0 Å². The van der Waals surface area contributed by atoms with Crippen molar-refractivity contribution in [2.45, 2.75) is 19.9 Å². The highest BCUT2D eigenvalue weighted by molar-refractivity contribution is 9.10. The Hall–Kier alpha value is -1.59. The van der Waals surface area contributed by atoms with E-state index < -0.39 is 0 Å². The molecule has 0 heterocycles. The van der Waals surface area contributed by atoms with E-state index in [0.29, 0.717) is 37.6 Å². The van der Waals surface area contributed by atoms with Crippen LogP contribution in [0.15, 0.2) is 40.9 Å². The molecule has 0 atom stereocenters. The zero-order valence-corrected chi connectivity index (χ0v) is 15.0. The number of rotatable bonds is 8. The summed E-state index contributed by atoms with van der Waals surface area (Å²) in [6, 6.07) is 10.8. The van der Waals surface area contributed by atoms with Gasteiger partial charge >= 0.3 is 0 Å². The molecule has 124 valence electrons. The topological polar surface area (TPSA) is 30.5 Å². The lowest BCUT2D eigenvalue weighted by Gasteiger charge is -2.14. The molecule has 0 aliphatic rings. The van der Waals surface area contributed by atoms with Gasteiger partial charge in [-0.05, 0) is 65.1 Å². The summed E-state index contributed by atoms with van der Waals surface area (Å²) in [7, 11) is 1.62. The molecule has 0 bridgehead atoms. The number of nitrogens with one attached hydrogen (secondary N) is 1. The fourth-order valence-electron chi connectivity index (χ4n) is 2.32. The normalized spacial score (nSPS) is 10.6. The molecular formula is C18H21BrFNO2. The van der Waals surface area contributed by atoms with E-state index in [1.807, 2.05) is 31.2 Å². The fraction of sp³-hybridized carbons (Fsp3) is 0.333. The van der Waals surface area contributed by atoms with Gasteiger partial charge in [-0.2, -0.15) is 0 Å². The first kappa shape index (κ1) is 17.8. The molecule has 0 aromatic heterocycles. The van der Waals surface area contributed by atoms with Crippen LogP contribution in [-0.4, -0.2) is 20.3 Å². The highest BCUT2D eigenvalue weighted by Crippen LogP contribution is 2.36. The lowest BCUT2D eigenvalue weighted by Crippen LogP contribution is -2.17. The molecule has 0 aliphatic carbocycles. The van der Waals surface area contributed by atoms with E-state index in [4.69, 9.17) is 9.47 Å². The van der Waals surface area contributed by atoms with Gasteiger partial charge < -0.3 is 14.8 Å². The third-order valence-electron chi connectivity index (χ3n) is 3.44. The van der Waals surface area contributed by atoms with Gasteiger partial charge in [0.05, 0.1) is 18.2 Å². The van der Waals surface area contributed by atoms with Crippen molar-refractivity contribution in [1.29, 1.82) is 0 Å². The largest absolute Gasteiger partial charge is 0.493 e. The Balaban J connectivity index is 1.93. The number of benzene rings is 2. The Morgan fingerprint density at radius 1 is 1.22 bits per heavy atom. The zero-order valence-electron chi connectivity index (χ0n) is 13.4. The Morgan fingerprint density at radius 3 is 2.70 bits per heavy atom. The number of hydrogen-bond donors (Lipinski definition) is 1. The average Bonchev–Trinajstić information content (AvgIpc) is 2.55. The number of hydrogen-bond acceptors (Lipinski definition) is 3. The molecule has 0 spiro atoms. The minimum atomic E-state index is -0.153. The number of halogens is 2. The smallest absolute Gasteiger partial charge is 0.175 e. The van der Waals surface area contributed by atoms with Crippen LogP contribution in [0.5, 0.6) is 11.5 Å². The van der Waals surface area contributed by atoms with Crippen molar-refractivity contribution in [3.05, 3.63) is 57.8 Å². The second-order valence-electron chi connectivity index (χ2n) is 5.06. The molecule has 0 radical (unpaired) electrons. The summed E-state index contributed by atoms with van der Waals surface area (Å²) in [5, 5.41) is 3.32. The van der Waals surface area contributed by atoms with E-state index in [1.54, 1.807) is 13.2 Å². The van der Waals surface area contributed by atoms with Crippen LogP contribution in [0.25, 0.3) is 0 Å². The van der Waals surface area contributed by atoms with Crippen molar-refractivity contribution in [3.63, 3.8) is 0 Å². The van der Waals surface area contributed by atoms with Gasteiger partial charge in [0.25, 0.3) is 0 Å². The van der Waals surface area contributed by atoms with Crippen molar-refractivity contribution in [3.8, 4) is 11.5 Å². The molecule has 0 fully saturated rings. The molecule has 0 saturated carbocycles. The van der Waals surface area contributed by atoms with E-state index in [2.05, 4.69) is 21.2 Å². The molecule has 2 aromatic carbocycles. The minimum absolute atomic E-state index is 0.153. The van der Waals surface area contributed by atoms with Crippen LogP contribution in [0.3, 0.4) is 0 Å². The van der Waals surface area contributed by atoms with Crippen LogP contribution in [0.1, 0.15) is 18.1 Å². The third kappa shape index (κ3) is 4.94. The van der Waals surface area contributed by atoms with Crippen molar-refractivity contribution in [1.82, 2.24) is 5.32 Å². The van der Waals surface area contributed by atoms with Crippen LogP contribution in [0.4, 0.5) is 4.39 Å². The summed E-state index contributed by atoms with van der Waals surface area (Å²) in [5.74, 6) is 1.26. The molecule has 23 heavy (non-hydrogen) atoms. The lowest BCUT2D eigenvalue weighted by atomic mass is 10.1. The third-order valence-corrected chi connectivity index (χ3v) is 4.03. The highest BCUT2D eigenvalue weighted by atomic mass is 79.9. The molecule has 2 rings (SSSR count). The Morgan fingerprint density at radius 2 is 2.00 bits per heavy atom. The molecule has 0 amide bonds. The maximum absolute atomic E-state index is 13.5. The van der Waals surface area contributed by atoms with Crippen LogP contribution in [-0.2, 0) is 13.0 Å². The van der Waals surface area contributed by atoms with Crippen LogP contribution in [0, 0.1) is 5.82 Å². The van der Waals surface area contributed by atoms with E-state index in [1.165, 1.54) is 6.07 Å². The molecule has 0 unspecified atom stereocenters. The molecule has 3 nitrogen and oxygen atoms in total. The Bertz CT molecular complexity index is 649. The summed E-state index contributed by atoms with van der Waals surface area (Å²) in [4.78, 5) is 0. The second-order valence-corrected chi connectivity index (χ2v) is 5.91. The van der Waals surface area contributed by atoms with E-state index in [9.17, 15) is 4.39 Å². The SMILES string of the molecule is CCOc1c(Br)cc(CNCCc2ccccc2F)cc1OC. The first-order chi connectivity index (χ1) is 11.2. The molecule has 1 N–H and O–H groups in total. The average molecular weight is 382 g/mol. The number of methoxy groups -OCH3 is 1. The van der Waals surface area contributed by atoms with Gasteiger partial charge in [0.15, 0.2) is 11.5 Å². The van der Waals surface area contributed by atoms with Crippen LogP contribution < -0.4 is 14.8 Å². The standard InChI is InChI=1S/C18H21BrFNO2/c1-3-23-18-15(19)10-13(11-17(18)22-2)12-21-9-8-14-6-4-5-7-16(14)20/h4-7,10-11,21H,3,8-9,12H2,1-2H3. The van der Waals surface area contributed by atoms with Gasteiger partial charge in [0.1, 0.15) is 5.82 Å². The first-order valence-electron chi connectivity index (χ1n) is 7.59. The lowest BCUT2D eigenvalue weighted by molar-refractivity contribution is 0.308. The van der Waals surface area contributed by atoms with Gasteiger partial charge in [-0.25, -0.2) is 4.39 Å². The van der Waals surface area contributed by atoms with Crippen molar-refractivity contribution in [2.24, 2.45) is 0 Å². The van der Waals surface area contributed by atoms with E-state index >= 15 is 0 Å². The van der Waals surface area contributed by atoms with Gasteiger partial charge in [0, 0.05) is 6.54 Å². The summed E-state index contributed by atoms with van der Waals surface area (Å²) in [6.07, 6.45) is 0.655. The highest BCUT2D eigenvalue weighted by Gasteiger charge is 2.11. The van der Waals surface area contributed by atoms with Gasteiger partial charge in [-0.1, -0.05) is 18.2 Å². The maximum atomic E-state index is 13.5. The van der Waals surface area contributed by atoms with E-state index in [0.717, 1.165) is 15.6 Å². The summed E-state index contributed by atoms with van der Waals surface area (Å²) >= 11 is 3.51. The fourth-order valence-corrected chi connectivity index (χ4v) is 2.92.